The van der Waals surface area contributed by atoms with Gasteiger partial charge in [-0.15, -0.1) is 11.8 Å². The molecule has 2 heterocycles. The Bertz CT molecular complexity index is 713. The van der Waals surface area contributed by atoms with Gasteiger partial charge in [-0.2, -0.15) is 0 Å². The van der Waals surface area contributed by atoms with Gasteiger partial charge in [-0.25, -0.2) is 8.42 Å². The van der Waals surface area contributed by atoms with E-state index in [4.69, 9.17) is 4.74 Å². The fraction of sp³-hybridized carbons (Fsp3) is 0.611. The third-order valence-corrected chi connectivity index (χ3v) is 8.19. The standard InChI is InChI=1S/C18H26N2O4S2/c1-24-16-4-2-15(3-5-16)12-19-7-9-20(10-8-19)18(21)13-25-17-6-11-26(22,23)14-17/h2-5,17H,6-14H2,1H3. The third-order valence-electron chi connectivity index (χ3n) is 4.92. The first-order chi connectivity index (χ1) is 12.4. The van der Waals surface area contributed by atoms with Crippen LogP contribution >= 0.6 is 11.8 Å². The number of hydrogen-bond acceptors (Lipinski definition) is 6. The second-order valence-electron chi connectivity index (χ2n) is 6.84. The van der Waals surface area contributed by atoms with Crippen LogP contribution in [0.1, 0.15) is 12.0 Å². The zero-order valence-corrected chi connectivity index (χ0v) is 16.7. The number of carbonyl (C=O) groups is 1. The molecule has 3 rings (SSSR count). The highest BCUT2D eigenvalue weighted by atomic mass is 32.2. The van der Waals surface area contributed by atoms with Gasteiger partial charge >= 0.3 is 0 Å². The van der Waals surface area contributed by atoms with Crippen LogP contribution in [0.25, 0.3) is 0 Å². The number of hydrogen-bond donors (Lipinski definition) is 0. The number of ether oxygens (including phenoxy) is 1. The molecule has 2 saturated heterocycles. The first kappa shape index (κ1) is 19.5. The average Bonchev–Trinajstić information content (AvgIpc) is 3.00. The van der Waals surface area contributed by atoms with E-state index in [1.165, 1.54) is 17.3 Å². The van der Waals surface area contributed by atoms with Gasteiger partial charge in [-0.05, 0) is 24.1 Å². The van der Waals surface area contributed by atoms with Crippen LogP contribution in [0.5, 0.6) is 5.75 Å². The largest absolute Gasteiger partial charge is 0.497 e. The van der Waals surface area contributed by atoms with E-state index in [9.17, 15) is 13.2 Å². The van der Waals surface area contributed by atoms with E-state index < -0.39 is 9.84 Å². The van der Waals surface area contributed by atoms with Crippen LogP contribution in [0, 0.1) is 0 Å². The van der Waals surface area contributed by atoms with E-state index in [1.807, 2.05) is 17.0 Å². The molecule has 6 nitrogen and oxygen atoms in total. The Morgan fingerprint density at radius 1 is 1.19 bits per heavy atom. The molecule has 0 radical (unpaired) electrons. The maximum atomic E-state index is 12.4. The zero-order chi connectivity index (χ0) is 18.6. The fourth-order valence-electron chi connectivity index (χ4n) is 3.32. The minimum absolute atomic E-state index is 0.0836. The van der Waals surface area contributed by atoms with Crippen molar-refractivity contribution in [3.05, 3.63) is 29.8 Å². The number of piperazine rings is 1. The molecule has 0 saturated carbocycles. The van der Waals surface area contributed by atoms with Crippen molar-refractivity contribution >= 4 is 27.5 Å². The maximum absolute atomic E-state index is 12.4. The minimum Gasteiger partial charge on any atom is -0.497 e. The summed E-state index contributed by atoms with van der Waals surface area (Å²) >= 11 is 1.50. The van der Waals surface area contributed by atoms with Crippen LogP contribution in [0.4, 0.5) is 0 Å². The predicted octanol–water partition coefficient (Wildman–Crippen LogP) is 1.26. The summed E-state index contributed by atoms with van der Waals surface area (Å²) in [6.07, 6.45) is 0.677. The number of nitrogens with zero attached hydrogens (tertiary/aromatic N) is 2. The highest BCUT2D eigenvalue weighted by Gasteiger charge is 2.29. The molecule has 0 aliphatic carbocycles. The van der Waals surface area contributed by atoms with E-state index in [2.05, 4.69) is 17.0 Å². The Kier molecular flexibility index (Phi) is 6.47. The van der Waals surface area contributed by atoms with Crippen molar-refractivity contribution in [3.8, 4) is 5.75 Å². The van der Waals surface area contributed by atoms with Crippen LogP contribution in [0.15, 0.2) is 24.3 Å². The van der Waals surface area contributed by atoms with Crippen molar-refractivity contribution in [1.82, 2.24) is 9.80 Å². The second-order valence-corrected chi connectivity index (χ2v) is 10.4. The molecule has 1 unspecified atom stereocenters. The first-order valence-electron chi connectivity index (χ1n) is 8.90. The van der Waals surface area contributed by atoms with Gasteiger partial charge in [0.25, 0.3) is 0 Å². The van der Waals surface area contributed by atoms with E-state index >= 15 is 0 Å². The summed E-state index contributed by atoms with van der Waals surface area (Å²) < 4.78 is 28.2. The lowest BCUT2D eigenvalue weighted by atomic mass is 10.2. The van der Waals surface area contributed by atoms with Crippen LogP contribution in [-0.2, 0) is 21.2 Å². The average molecular weight is 399 g/mol. The lowest BCUT2D eigenvalue weighted by Gasteiger charge is -2.35. The quantitative estimate of drug-likeness (QED) is 0.719. The Morgan fingerprint density at radius 2 is 1.88 bits per heavy atom. The molecule has 2 aliphatic heterocycles. The molecule has 1 atom stereocenters. The van der Waals surface area contributed by atoms with Crippen molar-refractivity contribution in [2.75, 3.05) is 50.5 Å². The molecule has 2 fully saturated rings. The number of sulfone groups is 1. The molecule has 0 bridgehead atoms. The SMILES string of the molecule is COc1ccc(CN2CCN(C(=O)CSC3CCS(=O)(=O)C3)CC2)cc1. The molecule has 1 aromatic rings. The normalized spacial score (nSPS) is 23.1. The summed E-state index contributed by atoms with van der Waals surface area (Å²) in [4.78, 5) is 16.6. The minimum atomic E-state index is -2.87. The lowest BCUT2D eigenvalue weighted by molar-refractivity contribution is -0.130. The van der Waals surface area contributed by atoms with Gasteiger partial charge in [0.1, 0.15) is 5.75 Å². The van der Waals surface area contributed by atoms with Crippen LogP contribution in [0.3, 0.4) is 0 Å². The number of carbonyl (C=O) groups excluding carboxylic acids is 1. The Hall–Kier alpha value is -1.25. The van der Waals surface area contributed by atoms with Gasteiger partial charge in [0.2, 0.25) is 5.91 Å². The predicted molar refractivity (Wildman–Crippen MR) is 104 cm³/mol. The summed E-state index contributed by atoms with van der Waals surface area (Å²) in [6, 6.07) is 8.08. The highest BCUT2D eigenvalue weighted by molar-refractivity contribution is 8.02. The van der Waals surface area contributed by atoms with E-state index in [-0.39, 0.29) is 22.7 Å². The number of rotatable bonds is 6. The number of thioether (sulfide) groups is 1. The number of benzene rings is 1. The zero-order valence-electron chi connectivity index (χ0n) is 15.1. The van der Waals surface area contributed by atoms with Crippen LogP contribution in [0.2, 0.25) is 0 Å². The maximum Gasteiger partial charge on any atom is 0.232 e. The summed E-state index contributed by atoms with van der Waals surface area (Å²) in [5.41, 5.74) is 1.24. The van der Waals surface area contributed by atoms with Gasteiger partial charge in [-0.1, -0.05) is 12.1 Å². The number of amides is 1. The van der Waals surface area contributed by atoms with Gasteiger partial charge in [0.05, 0.1) is 24.4 Å². The van der Waals surface area contributed by atoms with Crippen molar-refractivity contribution in [1.29, 1.82) is 0 Å². The molecular weight excluding hydrogens is 372 g/mol. The Balaban J connectivity index is 1.39. The highest BCUT2D eigenvalue weighted by Crippen LogP contribution is 2.24. The van der Waals surface area contributed by atoms with E-state index in [0.29, 0.717) is 12.2 Å². The van der Waals surface area contributed by atoms with Gasteiger partial charge in [-0.3, -0.25) is 9.69 Å². The van der Waals surface area contributed by atoms with Crippen LogP contribution in [-0.4, -0.2) is 79.9 Å². The molecule has 2 aliphatic rings. The molecule has 8 heteroatoms. The molecule has 0 aromatic heterocycles. The third kappa shape index (κ3) is 5.37. The van der Waals surface area contributed by atoms with E-state index in [1.54, 1.807) is 7.11 Å². The fourth-order valence-corrected chi connectivity index (χ4v) is 6.86. The van der Waals surface area contributed by atoms with Crippen molar-refractivity contribution < 1.29 is 17.9 Å². The molecular formula is C18H26N2O4S2. The summed E-state index contributed by atoms with van der Waals surface area (Å²) in [5.74, 6) is 1.86. The Labute approximate surface area is 159 Å². The molecule has 0 N–H and O–H groups in total. The lowest BCUT2D eigenvalue weighted by Crippen LogP contribution is -2.48. The summed E-state index contributed by atoms with van der Waals surface area (Å²) in [6.45, 7) is 4.07. The summed E-state index contributed by atoms with van der Waals surface area (Å²) in [7, 11) is -1.21. The summed E-state index contributed by atoms with van der Waals surface area (Å²) in [5, 5.41) is 0.0836. The molecule has 1 amide bonds. The van der Waals surface area contributed by atoms with Gasteiger partial charge in [0, 0.05) is 38.0 Å². The van der Waals surface area contributed by atoms with Crippen molar-refractivity contribution in [2.45, 2.75) is 18.2 Å². The number of methoxy groups -OCH3 is 1. The molecule has 26 heavy (non-hydrogen) atoms. The Morgan fingerprint density at radius 3 is 2.46 bits per heavy atom. The topological polar surface area (TPSA) is 66.9 Å². The first-order valence-corrected chi connectivity index (χ1v) is 11.8. The van der Waals surface area contributed by atoms with Crippen molar-refractivity contribution in [2.24, 2.45) is 0 Å². The second kappa shape index (κ2) is 8.63. The smallest absolute Gasteiger partial charge is 0.232 e. The van der Waals surface area contributed by atoms with Gasteiger partial charge in [0.15, 0.2) is 9.84 Å². The van der Waals surface area contributed by atoms with Crippen molar-refractivity contribution in [3.63, 3.8) is 0 Å². The molecule has 144 valence electrons. The van der Waals surface area contributed by atoms with E-state index in [0.717, 1.165) is 38.5 Å². The monoisotopic (exact) mass is 398 g/mol. The van der Waals surface area contributed by atoms with Crippen LogP contribution < -0.4 is 4.74 Å². The van der Waals surface area contributed by atoms with Gasteiger partial charge < -0.3 is 9.64 Å². The molecule has 1 aromatic carbocycles. The molecule has 0 spiro atoms.